The van der Waals surface area contributed by atoms with E-state index in [9.17, 15) is 0 Å². The van der Waals surface area contributed by atoms with Crippen LogP contribution >= 0.6 is 0 Å². The minimum absolute atomic E-state index is 1.16. The van der Waals surface area contributed by atoms with Gasteiger partial charge in [0.1, 0.15) is 0 Å². The Labute approximate surface area is 118 Å². The van der Waals surface area contributed by atoms with Crippen molar-refractivity contribution >= 4 is 5.69 Å². The number of aryl methyl sites for hydroxylation is 2. The monoisotopic (exact) mass is 260 g/mol. The highest BCUT2D eigenvalue weighted by molar-refractivity contribution is 5.56. The van der Waals surface area contributed by atoms with Gasteiger partial charge in [0.25, 0.3) is 0 Å². The van der Waals surface area contributed by atoms with Crippen LogP contribution < -0.4 is 10.2 Å². The molecule has 0 radical (unpaired) electrons. The summed E-state index contributed by atoms with van der Waals surface area (Å²) in [6.45, 7) is 5.83. The number of nitrogens with one attached hydrogen (secondary N) is 1. The van der Waals surface area contributed by atoms with Crippen LogP contribution in [0.5, 0.6) is 0 Å². The molecule has 1 aromatic carbocycles. The Bertz CT molecular complexity index is 387. The first-order valence-electron chi connectivity index (χ1n) is 7.80. The number of fused-ring (bicyclic) bond motifs is 1. The van der Waals surface area contributed by atoms with Crippen LogP contribution in [0, 0.1) is 6.92 Å². The first kappa shape index (κ1) is 14.4. The van der Waals surface area contributed by atoms with Crippen LogP contribution in [0.2, 0.25) is 0 Å². The topological polar surface area (TPSA) is 15.3 Å². The fourth-order valence-corrected chi connectivity index (χ4v) is 2.99. The van der Waals surface area contributed by atoms with Crippen molar-refractivity contribution in [1.29, 1.82) is 0 Å². The summed E-state index contributed by atoms with van der Waals surface area (Å²) in [5.41, 5.74) is 4.45. The third kappa shape index (κ3) is 4.24. The average molecular weight is 260 g/mol. The molecule has 0 spiro atoms. The molecule has 0 fully saturated rings. The van der Waals surface area contributed by atoms with Gasteiger partial charge in [0.2, 0.25) is 0 Å². The maximum absolute atomic E-state index is 3.22. The van der Waals surface area contributed by atoms with Crippen LogP contribution in [-0.4, -0.2) is 26.7 Å². The Balaban J connectivity index is 1.79. The minimum Gasteiger partial charge on any atom is -0.371 e. The SMILES string of the molecule is CNCCCCCCN1CCCc2cc(C)ccc21. The smallest absolute Gasteiger partial charge is 0.0398 e. The maximum atomic E-state index is 3.22. The molecule has 1 aromatic rings. The molecule has 1 N–H and O–H groups in total. The Morgan fingerprint density at radius 3 is 2.84 bits per heavy atom. The van der Waals surface area contributed by atoms with Crippen molar-refractivity contribution in [1.82, 2.24) is 5.32 Å². The molecule has 1 aliphatic rings. The summed E-state index contributed by atoms with van der Waals surface area (Å²) in [6.07, 6.45) is 7.93. The van der Waals surface area contributed by atoms with Gasteiger partial charge in [-0.2, -0.15) is 0 Å². The number of hydrogen-bond acceptors (Lipinski definition) is 2. The fraction of sp³-hybridized carbons (Fsp3) is 0.647. The van der Waals surface area contributed by atoms with Gasteiger partial charge in [0.05, 0.1) is 0 Å². The normalized spacial score (nSPS) is 14.5. The number of benzene rings is 1. The lowest BCUT2D eigenvalue weighted by molar-refractivity contribution is 0.594. The highest BCUT2D eigenvalue weighted by atomic mass is 15.1. The van der Waals surface area contributed by atoms with E-state index >= 15 is 0 Å². The first-order chi connectivity index (χ1) is 9.31. The van der Waals surface area contributed by atoms with E-state index in [-0.39, 0.29) is 0 Å². The predicted molar refractivity (Wildman–Crippen MR) is 84.1 cm³/mol. The second-order valence-electron chi connectivity index (χ2n) is 5.74. The highest BCUT2D eigenvalue weighted by Crippen LogP contribution is 2.28. The lowest BCUT2D eigenvalue weighted by Crippen LogP contribution is -2.30. The summed E-state index contributed by atoms with van der Waals surface area (Å²) in [6, 6.07) is 6.95. The van der Waals surface area contributed by atoms with E-state index < -0.39 is 0 Å². The zero-order valence-corrected chi connectivity index (χ0v) is 12.5. The predicted octanol–water partition coefficient (Wildman–Crippen LogP) is 3.53. The number of anilines is 1. The Morgan fingerprint density at radius 1 is 1.16 bits per heavy atom. The molecule has 19 heavy (non-hydrogen) atoms. The number of unbranched alkanes of at least 4 members (excludes halogenated alkanes) is 3. The molecular weight excluding hydrogens is 232 g/mol. The van der Waals surface area contributed by atoms with Gasteiger partial charge < -0.3 is 10.2 Å². The van der Waals surface area contributed by atoms with E-state index in [4.69, 9.17) is 0 Å². The summed E-state index contributed by atoms with van der Waals surface area (Å²) in [5, 5.41) is 3.22. The van der Waals surface area contributed by atoms with Gasteiger partial charge in [-0.15, -0.1) is 0 Å². The van der Waals surface area contributed by atoms with Crippen molar-refractivity contribution < 1.29 is 0 Å². The lowest BCUT2D eigenvalue weighted by atomic mass is 9.99. The zero-order valence-electron chi connectivity index (χ0n) is 12.5. The van der Waals surface area contributed by atoms with Gasteiger partial charge in [-0.05, 0) is 57.8 Å². The van der Waals surface area contributed by atoms with Crippen LogP contribution in [0.3, 0.4) is 0 Å². The molecule has 0 aliphatic carbocycles. The van der Waals surface area contributed by atoms with Gasteiger partial charge in [0, 0.05) is 18.8 Å². The number of hydrogen-bond donors (Lipinski definition) is 1. The first-order valence-corrected chi connectivity index (χ1v) is 7.80. The molecule has 0 aromatic heterocycles. The van der Waals surface area contributed by atoms with E-state index in [1.165, 1.54) is 62.9 Å². The Hall–Kier alpha value is -1.02. The van der Waals surface area contributed by atoms with Gasteiger partial charge in [-0.25, -0.2) is 0 Å². The third-order valence-electron chi connectivity index (χ3n) is 4.05. The minimum atomic E-state index is 1.16. The van der Waals surface area contributed by atoms with Gasteiger partial charge >= 0.3 is 0 Å². The maximum Gasteiger partial charge on any atom is 0.0398 e. The highest BCUT2D eigenvalue weighted by Gasteiger charge is 2.15. The molecule has 1 heterocycles. The van der Waals surface area contributed by atoms with Crippen molar-refractivity contribution in [3.63, 3.8) is 0 Å². The van der Waals surface area contributed by atoms with Crippen molar-refractivity contribution in [2.24, 2.45) is 0 Å². The second kappa shape index (κ2) is 7.54. The van der Waals surface area contributed by atoms with Crippen LogP contribution in [0.1, 0.15) is 43.2 Å². The van der Waals surface area contributed by atoms with E-state index in [0.717, 1.165) is 6.54 Å². The summed E-state index contributed by atoms with van der Waals surface area (Å²) >= 11 is 0. The van der Waals surface area contributed by atoms with Gasteiger partial charge in [-0.3, -0.25) is 0 Å². The molecule has 0 amide bonds. The van der Waals surface area contributed by atoms with Crippen LogP contribution in [0.4, 0.5) is 5.69 Å². The van der Waals surface area contributed by atoms with E-state index in [1.807, 2.05) is 7.05 Å². The van der Waals surface area contributed by atoms with E-state index in [2.05, 4.69) is 35.3 Å². The van der Waals surface area contributed by atoms with E-state index in [0.29, 0.717) is 0 Å². The van der Waals surface area contributed by atoms with Crippen LogP contribution in [-0.2, 0) is 6.42 Å². The van der Waals surface area contributed by atoms with Gasteiger partial charge in [-0.1, -0.05) is 30.5 Å². The lowest BCUT2D eigenvalue weighted by Gasteiger charge is -2.31. The van der Waals surface area contributed by atoms with E-state index in [1.54, 1.807) is 5.56 Å². The van der Waals surface area contributed by atoms with Crippen molar-refractivity contribution in [2.75, 3.05) is 31.6 Å². The Morgan fingerprint density at radius 2 is 2.00 bits per heavy atom. The molecule has 0 bridgehead atoms. The van der Waals surface area contributed by atoms with Crippen LogP contribution in [0.25, 0.3) is 0 Å². The van der Waals surface area contributed by atoms with Crippen molar-refractivity contribution in [3.8, 4) is 0 Å². The van der Waals surface area contributed by atoms with Crippen molar-refractivity contribution in [3.05, 3.63) is 29.3 Å². The molecule has 2 heteroatoms. The number of nitrogens with zero attached hydrogens (tertiary/aromatic N) is 1. The molecule has 2 rings (SSSR count). The standard InChI is InChI=1S/C17H28N2/c1-15-9-10-17-16(14-15)8-7-13-19(17)12-6-4-3-5-11-18-2/h9-10,14,18H,3-8,11-13H2,1-2H3. The molecule has 1 aliphatic heterocycles. The van der Waals surface area contributed by atoms with Crippen molar-refractivity contribution in [2.45, 2.75) is 45.4 Å². The number of rotatable bonds is 7. The zero-order chi connectivity index (χ0) is 13.5. The molecule has 0 saturated heterocycles. The van der Waals surface area contributed by atoms with Crippen LogP contribution in [0.15, 0.2) is 18.2 Å². The summed E-state index contributed by atoms with van der Waals surface area (Å²) in [7, 11) is 2.03. The molecule has 0 saturated carbocycles. The summed E-state index contributed by atoms with van der Waals surface area (Å²) < 4.78 is 0. The third-order valence-corrected chi connectivity index (χ3v) is 4.05. The molecule has 106 valence electrons. The molecule has 2 nitrogen and oxygen atoms in total. The summed E-state index contributed by atoms with van der Waals surface area (Å²) in [5.74, 6) is 0. The average Bonchev–Trinajstić information content (AvgIpc) is 2.42. The molecule has 0 unspecified atom stereocenters. The quantitative estimate of drug-likeness (QED) is 0.755. The Kier molecular flexibility index (Phi) is 5.71. The molecular formula is C17H28N2. The fourth-order valence-electron chi connectivity index (χ4n) is 2.99. The summed E-state index contributed by atoms with van der Waals surface area (Å²) in [4.78, 5) is 2.59. The molecule has 0 atom stereocenters. The largest absolute Gasteiger partial charge is 0.371 e. The van der Waals surface area contributed by atoms with Gasteiger partial charge in [0.15, 0.2) is 0 Å². The second-order valence-corrected chi connectivity index (χ2v) is 5.74.